The molecular weight excluding hydrogens is 504 g/mol. The van der Waals surface area contributed by atoms with Crippen LogP contribution in [0.5, 0.6) is 0 Å². The Balaban J connectivity index is 2.07. The van der Waals surface area contributed by atoms with Crippen molar-refractivity contribution in [1.82, 2.24) is 0 Å². The summed E-state index contributed by atoms with van der Waals surface area (Å²) < 4.78 is 33.2. The third-order valence-corrected chi connectivity index (χ3v) is 9.35. The molecule has 0 saturated heterocycles. The maximum Gasteiger partial charge on any atom is 0.420 e. The highest BCUT2D eigenvalue weighted by atomic mass is 32.2. The van der Waals surface area contributed by atoms with Crippen LogP contribution in [0.2, 0.25) is 0 Å². The molecular formula is C25H26N2O5S3. The molecule has 1 amide bonds. The molecule has 3 aromatic rings. The summed E-state index contributed by atoms with van der Waals surface area (Å²) in [7, 11) is -3.96. The number of nitrogens with zero attached hydrogens (tertiary/aromatic N) is 1. The van der Waals surface area contributed by atoms with Crippen LogP contribution < -0.4 is 4.90 Å². The number of hydrogen-bond donors (Lipinski definition) is 1. The molecule has 0 aliphatic carbocycles. The molecule has 0 bridgehead atoms. The van der Waals surface area contributed by atoms with E-state index in [-0.39, 0.29) is 14.8 Å². The van der Waals surface area contributed by atoms with Gasteiger partial charge in [0.2, 0.25) is 9.84 Å². The van der Waals surface area contributed by atoms with Crippen molar-refractivity contribution >= 4 is 56.7 Å². The smallest absolute Gasteiger partial charge is 0.420 e. The number of carbonyl (C=O) groups excluding carboxylic acids is 2. The molecule has 1 N–H and O–H groups in total. The van der Waals surface area contributed by atoms with E-state index >= 15 is 0 Å². The lowest BCUT2D eigenvalue weighted by Gasteiger charge is -2.23. The third-order valence-electron chi connectivity index (χ3n) is 5.04. The molecule has 2 aromatic carbocycles. The second kappa shape index (κ2) is 10.3. The maximum atomic E-state index is 13.7. The van der Waals surface area contributed by atoms with Crippen LogP contribution in [-0.2, 0) is 14.6 Å². The monoisotopic (exact) mass is 530 g/mol. The number of rotatable bonds is 7. The molecule has 0 aliphatic heterocycles. The summed E-state index contributed by atoms with van der Waals surface area (Å²) in [6, 6.07) is 13.3. The first-order valence-corrected chi connectivity index (χ1v) is 14.1. The number of thioether (sulfide) groups is 1. The summed E-state index contributed by atoms with van der Waals surface area (Å²) in [5, 5.41) is 7.96. The van der Waals surface area contributed by atoms with Crippen LogP contribution in [0.1, 0.15) is 36.7 Å². The van der Waals surface area contributed by atoms with Crippen molar-refractivity contribution in [3.8, 4) is 11.1 Å². The number of benzene rings is 2. The zero-order valence-electron chi connectivity index (χ0n) is 20.0. The number of ether oxygens (including phenoxy) is 1. The van der Waals surface area contributed by atoms with Gasteiger partial charge in [0.1, 0.15) is 16.9 Å². The first-order valence-electron chi connectivity index (χ1n) is 10.5. The van der Waals surface area contributed by atoms with Crippen LogP contribution >= 0.6 is 23.1 Å². The zero-order valence-corrected chi connectivity index (χ0v) is 22.4. The van der Waals surface area contributed by atoms with E-state index in [9.17, 15) is 18.0 Å². The Morgan fingerprint density at radius 2 is 1.83 bits per heavy atom. The highest BCUT2D eigenvalue weighted by molar-refractivity contribution is 8.01. The lowest BCUT2D eigenvalue weighted by molar-refractivity contribution is 0.0606. The lowest BCUT2D eigenvalue weighted by atomic mass is 9.97. The van der Waals surface area contributed by atoms with E-state index in [1.165, 1.54) is 23.9 Å². The number of hydrogen-bond acceptors (Lipinski definition) is 8. The van der Waals surface area contributed by atoms with Crippen molar-refractivity contribution in [1.29, 1.82) is 5.41 Å². The highest BCUT2D eigenvalue weighted by Crippen LogP contribution is 2.41. The molecule has 1 heterocycles. The van der Waals surface area contributed by atoms with E-state index < -0.39 is 21.5 Å². The van der Waals surface area contributed by atoms with E-state index in [0.29, 0.717) is 15.3 Å². The van der Waals surface area contributed by atoms with Crippen molar-refractivity contribution in [3.05, 3.63) is 59.7 Å². The minimum absolute atomic E-state index is 0.0518. The molecule has 0 atom stereocenters. The van der Waals surface area contributed by atoms with Gasteiger partial charge < -0.3 is 4.74 Å². The second-order valence-corrected chi connectivity index (χ2v) is 12.6. The van der Waals surface area contributed by atoms with Gasteiger partial charge in [-0.1, -0.05) is 30.3 Å². The first kappa shape index (κ1) is 26.7. The largest absolute Gasteiger partial charge is 0.443 e. The van der Waals surface area contributed by atoms with Gasteiger partial charge in [0.15, 0.2) is 0 Å². The Labute approximate surface area is 213 Å². The minimum Gasteiger partial charge on any atom is -0.443 e. The van der Waals surface area contributed by atoms with Gasteiger partial charge in [-0.2, -0.15) is 0 Å². The fourth-order valence-electron chi connectivity index (χ4n) is 3.36. The van der Waals surface area contributed by atoms with Crippen molar-refractivity contribution in [2.45, 2.75) is 47.3 Å². The first-order chi connectivity index (χ1) is 16.4. The van der Waals surface area contributed by atoms with Gasteiger partial charge in [0.25, 0.3) is 0 Å². The Hall–Kier alpha value is -2.95. The Bertz CT molecular complexity index is 1390. The predicted molar refractivity (Wildman–Crippen MR) is 141 cm³/mol. The third kappa shape index (κ3) is 5.66. The number of nitrogens with one attached hydrogen (secondary N) is 1. The summed E-state index contributed by atoms with van der Waals surface area (Å²) in [5.74, 6) is 0. The summed E-state index contributed by atoms with van der Waals surface area (Å²) in [6.45, 7) is 6.96. The summed E-state index contributed by atoms with van der Waals surface area (Å²) >= 11 is 2.34. The van der Waals surface area contributed by atoms with Crippen LogP contribution in [0, 0.1) is 12.3 Å². The van der Waals surface area contributed by atoms with Gasteiger partial charge in [-0.15, -0.1) is 23.1 Å². The van der Waals surface area contributed by atoms with Crippen LogP contribution in [0.15, 0.2) is 62.5 Å². The quantitative estimate of drug-likeness (QED) is 0.163. The van der Waals surface area contributed by atoms with Crippen molar-refractivity contribution in [3.63, 3.8) is 0 Å². The van der Waals surface area contributed by atoms with Crippen LogP contribution in [-0.4, -0.2) is 39.0 Å². The minimum atomic E-state index is -3.96. The van der Waals surface area contributed by atoms with E-state index in [4.69, 9.17) is 10.1 Å². The number of sulfone groups is 1. The van der Waals surface area contributed by atoms with Gasteiger partial charge in [0, 0.05) is 5.56 Å². The molecule has 7 nitrogen and oxygen atoms in total. The van der Waals surface area contributed by atoms with Crippen molar-refractivity contribution < 1.29 is 22.7 Å². The maximum absolute atomic E-state index is 13.7. The van der Waals surface area contributed by atoms with Gasteiger partial charge >= 0.3 is 6.09 Å². The standard InChI is InChI=1S/C25H26N2O5S3/c1-16-18(14-28)9-7-11-20(16)17-8-6-10-19(12-17)35(30,31)21-13-22(34-23(21)33-5)27(15-26)24(29)32-25(2,3)4/h6-15,26H,1-5H3. The van der Waals surface area contributed by atoms with Crippen LogP contribution in [0.4, 0.5) is 9.80 Å². The molecule has 3 rings (SSSR count). The Morgan fingerprint density at radius 1 is 1.14 bits per heavy atom. The average Bonchev–Trinajstić information content (AvgIpc) is 3.23. The Kier molecular flexibility index (Phi) is 7.88. The van der Waals surface area contributed by atoms with Gasteiger partial charge in [-0.3, -0.25) is 10.2 Å². The Morgan fingerprint density at radius 3 is 2.43 bits per heavy atom. The van der Waals surface area contributed by atoms with Gasteiger partial charge in [0.05, 0.1) is 20.3 Å². The predicted octanol–water partition coefficient (Wildman–Crippen LogP) is 6.44. The molecule has 35 heavy (non-hydrogen) atoms. The summed E-state index contributed by atoms with van der Waals surface area (Å²) in [6.07, 6.45) is 2.57. The number of aldehydes is 1. The van der Waals surface area contributed by atoms with E-state index in [2.05, 4.69) is 0 Å². The van der Waals surface area contributed by atoms with Crippen LogP contribution in [0.25, 0.3) is 11.1 Å². The molecule has 10 heteroatoms. The fourth-order valence-corrected chi connectivity index (χ4v) is 7.35. The van der Waals surface area contributed by atoms with Crippen molar-refractivity contribution in [2.75, 3.05) is 11.2 Å². The SMILES string of the molecule is CSc1sc(N(C=N)C(=O)OC(C)(C)C)cc1S(=O)(=O)c1cccc(-c2cccc(C=O)c2C)c1. The molecule has 0 saturated carbocycles. The summed E-state index contributed by atoms with van der Waals surface area (Å²) in [5.41, 5.74) is 1.97. The van der Waals surface area contributed by atoms with Crippen molar-refractivity contribution in [2.24, 2.45) is 0 Å². The fraction of sp³-hybridized carbons (Fsp3) is 0.240. The lowest BCUT2D eigenvalue weighted by Crippen LogP contribution is -2.35. The van der Waals surface area contributed by atoms with E-state index in [0.717, 1.165) is 40.0 Å². The van der Waals surface area contributed by atoms with Crippen LogP contribution in [0.3, 0.4) is 0 Å². The number of carbonyl (C=O) groups is 2. The molecule has 184 valence electrons. The molecule has 0 fully saturated rings. The molecule has 0 unspecified atom stereocenters. The highest BCUT2D eigenvalue weighted by Gasteiger charge is 2.29. The van der Waals surface area contributed by atoms with Gasteiger partial charge in [-0.05, 0) is 68.8 Å². The molecule has 0 radical (unpaired) electrons. The summed E-state index contributed by atoms with van der Waals surface area (Å²) in [4.78, 5) is 25.1. The molecule has 0 aliphatic rings. The second-order valence-electron chi connectivity index (χ2n) is 8.59. The molecule has 1 aromatic heterocycles. The number of anilines is 1. The zero-order chi connectivity index (χ0) is 26.0. The number of amides is 1. The van der Waals surface area contributed by atoms with E-state index in [1.54, 1.807) is 57.4 Å². The topological polar surface area (TPSA) is 105 Å². The van der Waals surface area contributed by atoms with Gasteiger partial charge in [-0.25, -0.2) is 18.1 Å². The van der Waals surface area contributed by atoms with E-state index in [1.807, 2.05) is 13.0 Å². The average molecular weight is 531 g/mol. The normalized spacial score (nSPS) is 11.7. The molecule has 0 spiro atoms. The number of thiophene rings is 1.